The topological polar surface area (TPSA) is 15.3 Å². The van der Waals surface area contributed by atoms with Crippen LogP contribution in [0.3, 0.4) is 0 Å². The Morgan fingerprint density at radius 2 is 2.17 bits per heavy atom. The van der Waals surface area contributed by atoms with Gasteiger partial charge >= 0.3 is 0 Å². The van der Waals surface area contributed by atoms with Crippen molar-refractivity contribution in [2.45, 2.75) is 45.7 Å². The fourth-order valence-electron chi connectivity index (χ4n) is 3.23. The van der Waals surface area contributed by atoms with E-state index in [0.29, 0.717) is 6.04 Å². The number of piperazine rings is 1. The first-order chi connectivity index (χ1) is 8.65. The Bertz CT molecular complexity index is 422. The third kappa shape index (κ3) is 2.49. The minimum atomic E-state index is 0.582. The average molecular weight is 264 g/mol. The average Bonchev–Trinajstić information content (AvgIpc) is 3.15. The van der Waals surface area contributed by atoms with E-state index in [-0.39, 0.29) is 0 Å². The molecular weight excluding hydrogens is 240 g/mol. The van der Waals surface area contributed by atoms with E-state index in [2.05, 4.69) is 37.1 Å². The maximum absolute atomic E-state index is 3.70. The molecule has 0 spiro atoms. The van der Waals surface area contributed by atoms with Crippen LogP contribution in [0.4, 0.5) is 0 Å². The first-order valence-electron chi connectivity index (χ1n) is 7.19. The summed E-state index contributed by atoms with van der Waals surface area (Å²) in [6.45, 7) is 10.5. The van der Waals surface area contributed by atoms with E-state index in [1.807, 2.05) is 11.3 Å². The van der Waals surface area contributed by atoms with Gasteiger partial charge in [-0.25, -0.2) is 0 Å². The summed E-state index contributed by atoms with van der Waals surface area (Å²) in [6, 6.07) is 3.72. The van der Waals surface area contributed by atoms with E-state index in [0.717, 1.165) is 18.5 Å². The second kappa shape index (κ2) is 4.95. The van der Waals surface area contributed by atoms with Gasteiger partial charge in [-0.2, -0.15) is 0 Å². The molecule has 1 aliphatic heterocycles. The fourth-order valence-corrected chi connectivity index (χ4v) is 4.25. The Balaban J connectivity index is 1.71. The molecule has 1 N–H and O–H groups in total. The number of hydrogen-bond acceptors (Lipinski definition) is 3. The number of thiophene rings is 1. The normalized spacial score (nSPS) is 27.4. The minimum Gasteiger partial charge on any atom is -0.311 e. The maximum Gasteiger partial charge on any atom is 0.0332 e. The van der Waals surface area contributed by atoms with Crippen LogP contribution in [0.25, 0.3) is 0 Å². The van der Waals surface area contributed by atoms with Crippen molar-refractivity contribution in [3.8, 4) is 0 Å². The molecular formula is C15H24N2S. The van der Waals surface area contributed by atoms with E-state index < -0.39 is 0 Å². The van der Waals surface area contributed by atoms with Gasteiger partial charge in [-0.3, -0.25) is 4.90 Å². The highest BCUT2D eigenvalue weighted by Crippen LogP contribution is 2.36. The number of nitrogens with one attached hydrogen (secondary N) is 1. The van der Waals surface area contributed by atoms with Crippen LogP contribution in [0.2, 0.25) is 0 Å². The molecule has 2 unspecified atom stereocenters. The molecule has 0 bridgehead atoms. The lowest BCUT2D eigenvalue weighted by Crippen LogP contribution is -2.52. The second-order valence-electron chi connectivity index (χ2n) is 5.94. The van der Waals surface area contributed by atoms with Crippen molar-refractivity contribution in [2.75, 3.05) is 19.6 Å². The van der Waals surface area contributed by atoms with E-state index >= 15 is 0 Å². The second-order valence-corrected chi connectivity index (χ2v) is 7.40. The van der Waals surface area contributed by atoms with Gasteiger partial charge in [0.2, 0.25) is 0 Å². The van der Waals surface area contributed by atoms with Crippen LogP contribution in [0.1, 0.15) is 41.1 Å². The van der Waals surface area contributed by atoms with Crippen molar-refractivity contribution in [1.29, 1.82) is 0 Å². The van der Waals surface area contributed by atoms with Crippen LogP contribution >= 0.6 is 11.3 Å². The standard InChI is InChI=1S/C15H24N2S/c1-10-8-14(12(3)18-10)11(2)17-7-6-16-15(9-17)13-4-5-13/h8,11,13,15-16H,4-7,9H2,1-3H3. The summed E-state index contributed by atoms with van der Waals surface area (Å²) in [4.78, 5) is 5.62. The Morgan fingerprint density at radius 1 is 1.39 bits per heavy atom. The molecule has 2 fully saturated rings. The Labute approximate surface area is 114 Å². The monoisotopic (exact) mass is 264 g/mol. The maximum atomic E-state index is 3.70. The lowest BCUT2D eigenvalue weighted by molar-refractivity contribution is 0.144. The van der Waals surface area contributed by atoms with E-state index in [4.69, 9.17) is 0 Å². The van der Waals surface area contributed by atoms with Gasteiger partial charge in [-0.1, -0.05) is 0 Å². The predicted molar refractivity (Wildman–Crippen MR) is 78.3 cm³/mol. The van der Waals surface area contributed by atoms with Crippen molar-refractivity contribution in [3.63, 3.8) is 0 Å². The van der Waals surface area contributed by atoms with Crippen LogP contribution in [0.5, 0.6) is 0 Å². The van der Waals surface area contributed by atoms with Gasteiger partial charge in [-0.05, 0) is 51.2 Å². The largest absolute Gasteiger partial charge is 0.311 e. The first-order valence-corrected chi connectivity index (χ1v) is 8.01. The molecule has 1 aromatic rings. The summed E-state index contributed by atoms with van der Waals surface area (Å²) in [6.07, 6.45) is 2.88. The van der Waals surface area contributed by atoms with Gasteiger partial charge < -0.3 is 5.32 Å². The highest BCUT2D eigenvalue weighted by Gasteiger charge is 2.35. The molecule has 18 heavy (non-hydrogen) atoms. The highest BCUT2D eigenvalue weighted by molar-refractivity contribution is 7.12. The van der Waals surface area contributed by atoms with Crippen molar-refractivity contribution in [3.05, 3.63) is 21.4 Å². The van der Waals surface area contributed by atoms with E-state index in [1.54, 1.807) is 5.56 Å². The van der Waals surface area contributed by atoms with Crippen LogP contribution in [-0.4, -0.2) is 30.6 Å². The Hall–Kier alpha value is -0.380. The molecule has 3 rings (SSSR count). The number of hydrogen-bond donors (Lipinski definition) is 1. The van der Waals surface area contributed by atoms with E-state index in [1.165, 1.54) is 35.7 Å². The molecule has 2 heterocycles. The quantitative estimate of drug-likeness (QED) is 0.902. The highest BCUT2D eigenvalue weighted by atomic mass is 32.1. The Kier molecular flexibility index (Phi) is 3.48. The van der Waals surface area contributed by atoms with Gasteiger partial charge in [0.1, 0.15) is 0 Å². The van der Waals surface area contributed by atoms with Gasteiger partial charge in [0.25, 0.3) is 0 Å². The van der Waals surface area contributed by atoms with Crippen molar-refractivity contribution in [1.82, 2.24) is 10.2 Å². The molecule has 0 radical (unpaired) electrons. The molecule has 1 saturated carbocycles. The molecule has 2 atom stereocenters. The van der Waals surface area contributed by atoms with Crippen molar-refractivity contribution >= 4 is 11.3 Å². The molecule has 0 amide bonds. The number of nitrogens with zero attached hydrogens (tertiary/aromatic N) is 1. The lowest BCUT2D eigenvalue weighted by atomic mass is 10.0. The minimum absolute atomic E-state index is 0.582. The van der Waals surface area contributed by atoms with Gasteiger partial charge in [0.05, 0.1) is 0 Å². The summed E-state index contributed by atoms with van der Waals surface area (Å²) in [5.41, 5.74) is 1.55. The zero-order valence-electron chi connectivity index (χ0n) is 11.7. The first kappa shape index (κ1) is 12.6. The zero-order chi connectivity index (χ0) is 12.7. The summed E-state index contributed by atoms with van der Waals surface area (Å²) >= 11 is 1.94. The summed E-state index contributed by atoms with van der Waals surface area (Å²) < 4.78 is 0. The fraction of sp³-hybridized carbons (Fsp3) is 0.733. The molecule has 2 aliphatic rings. The molecule has 3 heteroatoms. The zero-order valence-corrected chi connectivity index (χ0v) is 12.5. The summed E-state index contributed by atoms with van der Waals surface area (Å²) in [5.74, 6) is 0.963. The summed E-state index contributed by atoms with van der Waals surface area (Å²) in [7, 11) is 0. The van der Waals surface area contributed by atoms with Crippen LogP contribution in [0.15, 0.2) is 6.07 Å². The SMILES string of the molecule is Cc1cc(C(C)N2CCNC(C3CC3)C2)c(C)s1. The molecule has 100 valence electrons. The third-order valence-electron chi connectivity index (χ3n) is 4.50. The number of rotatable bonds is 3. The molecule has 0 aromatic carbocycles. The lowest BCUT2D eigenvalue weighted by Gasteiger charge is -2.38. The van der Waals surface area contributed by atoms with Crippen molar-refractivity contribution in [2.24, 2.45) is 5.92 Å². The van der Waals surface area contributed by atoms with Gasteiger partial charge in [0, 0.05) is 41.5 Å². The van der Waals surface area contributed by atoms with Crippen LogP contribution in [-0.2, 0) is 0 Å². The van der Waals surface area contributed by atoms with Crippen molar-refractivity contribution < 1.29 is 0 Å². The summed E-state index contributed by atoms with van der Waals surface area (Å²) in [5, 5.41) is 3.70. The van der Waals surface area contributed by atoms with Gasteiger partial charge in [0.15, 0.2) is 0 Å². The van der Waals surface area contributed by atoms with Crippen LogP contribution in [0, 0.1) is 19.8 Å². The molecule has 1 aromatic heterocycles. The molecule has 1 aliphatic carbocycles. The molecule has 1 saturated heterocycles. The Morgan fingerprint density at radius 3 is 2.78 bits per heavy atom. The smallest absolute Gasteiger partial charge is 0.0332 e. The third-order valence-corrected chi connectivity index (χ3v) is 5.49. The molecule has 2 nitrogen and oxygen atoms in total. The van der Waals surface area contributed by atoms with Gasteiger partial charge in [-0.15, -0.1) is 11.3 Å². The number of aryl methyl sites for hydroxylation is 2. The predicted octanol–water partition coefficient (Wildman–Crippen LogP) is 3.11. The van der Waals surface area contributed by atoms with Crippen LogP contribution < -0.4 is 5.32 Å². The van der Waals surface area contributed by atoms with E-state index in [9.17, 15) is 0 Å².